The van der Waals surface area contributed by atoms with Gasteiger partial charge in [-0.15, -0.1) is 0 Å². The summed E-state index contributed by atoms with van der Waals surface area (Å²) in [5, 5.41) is 3.01. The number of carbonyl (C=O) groups is 2. The largest absolute Gasteiger partial charge is 0.353 e. The van der Waals surface area contributed by atoms with Gasteiger partial charge in [0, 0.05) is 24.7 Å². The lowest BCUT2D eigenvalue weighted by Gasteiger charge is -2.18. The number of nitrogens with one attached hydrogen (secondary N) is 1. The quantitative estimate of drug-likeness (QED) is 0.920. The van der Waals surface area contributed by atoms with Crippen molar-refractivity contribution in [2.45, 2.75) is 44.6 Å². The van der Waals surface area contributed by atoms with Crippen LogP contribution >= 0.6 is 0 Å². The lowest BCUT2D eigenvalue weighted by molar-refractivity contribution is -0.126. The smallest absolute Gasteiger partial charge is 0.227 e. The molecule has 1 N–H and O–H groups in total. The number of anilines is 1. The van der Waals surface area contributed by atoms with Gasteiger partial charge in [-0.2, -0.15) is 0 Å². The van der Waals surface area contributed by atoms with E-state index in [-0.39, 0.29) is 17.7 Å². The molecule has 1 saturated carbocycles. The molecule has 110 valence electrons. The van der Waals surface area contributed by atoms with Gasteiger partial charge in [-0.1, -0.05) is 6.07 Å². The number of benzene rings is 1. The van der Waals surface area contributed by atoms with Crippen LogP contribution < -0.4 is 10.2 Å². The molecule has 1 heterocycles. The topological polar surface area (TPSA) is 49.4 Å². The fraction of sp³-hybridized carbons (Fsp3) is 0.529. The second-order valence-corrected chi connectivity index (χ2v) is 6.49. The normalized spacial score (nSPS) is 24.3. The Morgan fingerprint density at radius 3 is 2.81 bits per heavy atom. The predicted octanol–water partition coefficient (Wildman–Crippen LogP) is 1.81. The molecule has 1 atom stereocenters. The zero-order chi connectivity index (χ0) is 14.4. The molecule has 1 aromatic carbocycles. The van der Waals surface area contributed by atoms with Gasteiger partial charge in [0.1, 0.15) is 0 Å². The molecule has 0 radical (unpaired) electrons. The van der Waals surface area contributed by atoms with E-state index in [9.17, 15) is 9.59 Å². The fourth-order valence-corrected chi connectivity index (χ4v) is 3.41. The van der Waals surface area contributed by atoms with Crippen LogP contribution in [0.1, 0.15) is 36.8 Å². The second kappa shape index (κ2) is 4.86. The molecule has 4 rings (SSSR count). The number of fused-ring (bicyclic) bond motifs is 1. The number of nitrogens with zero attached hydrogens (tertiary/aromatic N) is 1. The van der Waals surface area contributed by atoms with Crippen LogP contribution in [0.25, 0.3) is 0 Å². The molecule has 1 aliphatic heterocycles. The van der Waals surface area contributed by atoms with Gasteiger partial charge in [0.2, 0.25) is 11.8 Å². The standard InChI is InChI=1S/C17H20N2O2/c20-16-9-13(17(21)18-14-5-6-14)10-19(16)15-7-4-11-2-1-3-12(11)8-15/h4,7-8,13-14H,1-3,5-6,9-10H2,(H,18,21). The molecule has 0 bridgehead atoms. The first kappa shape index (κ1) is 12.9. The van der Waals surface area contributed by atoms with Crippen LogP contribution in [0, 0.1) is 5.92 Å². The lowest BCUT2D eigenvalue weighted by atomic mass is 10.1. The number of hydrogen-bond donors (Lipinski definition) is 1. The minimum Gasteiger partial charge on any atom is -0.353 e. The molecule has 0 spiro atoms. The zero-order valence-electron chi connectivity index (χ0n) is 12.1. The summed E-state index contributed by atoms with van der Waals surface area (Å²) < 4.78 is 0. The van der Waals surface area contributed by atoms with E-state index in [1.165, 1.54) is 17.5 Å². The minimum absolute atomic E-state index is 0.0505. The van der Waals surface area contributed by atoms with Gasteiger partial charge in [0.15, 0.2) is 0 Å². The van der Waals surface area contributed by atoms with Crippen molar-refractivity contribution in [3.63, 3.8) is 0 Å². The lowest BCUT2D eigenvalue weighted by Crippen LogP contribution is -2.34. The van der Waals surface area contributed by atoms with Crippen LogP contribution in [0.5, 0.6) is 0 Å². The van der Waals surface area contributed by atoms with E-state index in [1.54, 1.807) is 4.90 Å². The Hall–Kier alpha value is -1.84. The summed E-state index contributed by atoms with van der Waals surface area (Å²) >= 11 is 0. The van der Waals surface area contributed by atoms with Crippen LogP contribution in [-0.4, -0.2) is 24.4 Å². The molecule has 4 nitrogen and oxygen atoms in total. The van der Waals surface area contributed by atoms with Crippen molar-refractivity contribution in [3.05, 3.63) is 29.3 Å². The van der Waals surface area contributed by atoms with Crippen molar-refractivity contribution in [1.29, 1.82) is 0 Å². The highest BCUT2D eigenvalue weighted by Gasteiger charge is 2.37. The van der Waals surface area contributed by atoms with Crippen LogP contribution in [0.4, 0.5) is 5.69 Å². The van der Waals surface area contributed by atoms with E-state index in [1.807, 2.05) is 6.07 Å². The van der Waals surface area contributed by atoms with Gasteiger partial charge < -0.3 is 10.2 Å². The fourth-order valence-electron chi connectivity index (χ4n) is 3.41. The average Bonchev–Trinajstić information content (AvgIpc) is 3.01. The summed E-state index contributed by atoms with van der Waals surface area (Å²) in [5.74, 6) is -0.0650. The summed E-state index contributed by atoms with van der Waals surface area (Å²) in [6.07, 6.45) is 5.98. The molecular formula is C17H20N2O2. The van der Waals surface area contributed by atoms with Crippen LogP contribution in [0.2, 0.25) is 0 Å². The molecule has 1 aromatic rings. The Morgan fingerprint density at radius 2 is 2.00 bits per heavy atom. The summed E-state index contributed by atoms with van der Waals surface area (Å²) in [4.78, 5) is 26.1. The molecule has 3 aliphatic rings. The first-order valence-corrected chi connectivity index (χ1v) is 7.93. The maximum absolute atomic E-state index is 12.2. The third-order valence-electron chi connectivity index (χ3n) is 4.81. The molecule has 4 heteroatoms. The van der Waals surface area contributed by atoms with Gasteiger partial charge in [-0.25, -0.2) is 0 Å². The summed E-state index contributed by atoms with van der Waals surface area (Å²) in [6, 6.07) is 6.68. The van der Waals surface area contributed by atoms with Crippen molar-refractivity contribution in [2.75, 3.05) is 11.4 Å². The predicted molar refractivity (Wildman–Crippen MR) is 80.1 cm³/mol. The monoisotopic (exact) mass is 284 g/mol. The minimum atomic E-state index is -0.189. The Balaban J connectivity index is 1.50. The van der Waals surface area contributed by atoms with E-state index in [2.05, 4.69) is 17.4 Å². The Bertz CT molecular complexity index is 607. The van der Waals surface area contributed by atoms with Gasteiger partial charge in [-0.3, -0.25) is 9.59 Å². The Kier molecular flexibility index (Phi) is 2.98. The van der Waals surface area contributed by atoms with Crippen molar-refractivity contribution in [2.24, 2.45) is 5.92 Å². The third-order valence-corrected chi connectivity index (χ3v) is 4.81. The third kappa shape index (κ3) is 2.43. The van der Waals surface area contributed by atoms with Crippen molar-refractivity contribution >= 4 is 17.5 Å². The summed E-state index contributed by atoms with van der Waals surface area (Å²) in [6.45, 7) is 0.524. The molecule has 1 unspecified atom stereocenters. The Morgan fingerprint density at radius 1 is 1.19 bits per heavy atom. The van der Waals surface area contributed by atoms with E-state index in [4.69, 9.17) is 0 Å². The number of amides is 2. The first-order valence-electron chi connectivity index (χ1n) is 7.93. The van der Waals surface area contributed by atoms with Crippen LogP contribution in [0.3, 0.4) is 0 Å². The van der Waals surface area contributed by atoms with Crippen molar-refractivity contribution < 1.29 is 9.59 Å². The highest BCUT2D eigenvalue weighted by Crippen LogP contribution is 2.31. The average molecular weight is 284 g/mol. The van der Waals surface area contributed by atoms with E-state index >= 15 is 0 Å². The maximum Gasteiger partial charge on any atom is 0.227 e. The van der Waals surface area contributed by atoms with E-state index in [0.717, 1.165) is 31.4 Å². The zero-order valence-corrected chi connectivity index (χ0v) is 12.1. The summed E-state index contributed by atoms with van der Waals surface area (Å²) in [5.41, 5.74) is 3.74. The highest BCUT2D eigenvalue weighted by molar-refractivity contribution is 6.00. The van der Waals surface area contributed by atoms with E-state index < -0.39 is 0 Å². The van der Waals surface area contributed by atoms with Gasteiger partial charge >= 0.3 is 0 Å². The number of hydrogen-bond acceptors (Lipinski definition) is 2. The molecule has 21 heavy (non-hydrogen) atoms. The SMILES string of the molecule is O=C(NC1CC1)C1CC(=O)N(c2ccc3c(c2)CCC3)C1. The summed E-state index contributed by atoms with van der Waals surface area (Å²) in [7, 11) is 0. The van der Waals surface area contributed by atoms with E-state index in [0.29, 0.717) is 19.0 Å². The van der Waals surface area contributed by atoms with Gasteiger partial charge in [0.25, 0.3) is 0 Å². The molecule has 0 aromatic heterocycles. The molecule has 2 fully saturated rings. The van der Waals surface area contributed by atoms with Crippen LogP contribution in [-0.2, 0) is 22.4 Å². The molecule has 2 amide bonds. The first-order chi connectivity index (χ1) is 10.2. The Labute approximate surface area is 124 Å². The highest BCUT2D eigenvalue weighted by atomic mass is 16.2. The molecular weight excluding hydrogens is 264 g/mol. The molecule has 1 saturated heterocycles. The van der Waals surface area contributed by atoms with Crippen molar-refractivity contribution in [1.82, 2.24) is 5.32 Å². The number of carbonyl (C=O) groups excluding carboxylic acids is 2. The van der Waals surface area contributed by atoms with Gasteiger partial charge in [-0.05, 0) is 55.4 Å². The maximum atomic E-state index is 12.2. The second-order valence-electron chi connectivity index (χ2n) is 6.49. The van der Waals surface area contributed by atoms with Crippen molar-refractivity contribution in [3.8, 4) is 0 Å². The number of rotatable bonds is 3. The number of aryl methyl sites for hydroxylation is 2. The molecule has 2 aliphatic carbocycles. The van der Waals surface area contributed by atoms with Gasteiger partial charge in [0.05, 0.1) is 5.92 Å². The van der Waals surface area contributed by atoms with Crippen LogP contribution in [0.15, 0.2) is 18.2 Å².